The third-order valence-corrected chi connectivity index (χ3v) is 8.26. The molecule has 0 radical (unpaired) electrons. The number of imidazole rings is 1. The van der Waals surface area contributed by atoms with E-state index >= 15 is 0 Å². The zero-order valence-corrected chi connectivity index (χ0v) is 17.6. The van der Waals surface area contributed by atoms with Crippen LogP contribution in [0.1, 0.15) is 6.23 Å². The number of nitrogens with two attached hydrogens (primary N) is 1. The topological polar surface area (TPSA) is 290 Å². The number of aliphatic hydroxyl groups excluding tert-OH is 2. The lowest BCUT2D eigenvalue weighted by Crippen LogP contribution is -2.33. The van der Waals surface area contributed by atoms with Crippen molar-refractivity contribution in [3.05, 3.63) is 16.7 Å². The quantitative estimate of drug-likeness (QED) is 0.183. The van der Waals surface area contributed by atoms with Crippen LogP contribution in [0.4, 0.5) is 5.95 Å². The van der Waals surface area contributed by atoms with E-state index in [-0.39, 0.29) is 17.1 Å². The van der Waals surface area contributed by atoms with Gasteiger partial charge < -0.3 is 40.3 Å². The molecule has 0 spiro atoms. The Balaban J connectivity index is 1.81. The molecule has 21 heteroatoms. The Morgan fingerprint density at radius 3 is 2.42 bits per heavy atom. The van der Waals surface area contributed by atoms with Crippen molar-refractivity contribution in [3.8, 4) is 0 Å². The van der Waals surface area contributed by atoms with E-state index in [0.29, 0.717) is 0 Å². The molecule has 9 N–H and O–H groups in total. The highest BCUT2D eigenvalue weighted by atomic mass is 31.3. The first-order chi connectivity index (χ1) is 14.1. The normalized spacial score (nSPS) is 28.5. The molecule has 2 unspecified atom stereocenters. The lowest BCUT2D eigenvalue weighted by atomic mass is 10.1. The van der Waals surface area contributed by atoms with Gasteiger partial charge in [0.25, 0.3) is 5.56 Å². The van der Waals surface area contributed by atoms with E-state index < -0.39 is 59.5 Å². The Bertz CT molecular complexity index is 1190. The molecule has 0 saturated carbocycles. The Kier molecular flexibility index (Phi) is 6.32. The predicted molar refractivity (Wildman–Crippen MR) is 97.2 cm³/mol. The average molecular weight is 507 g/mol. The number of rotatable bonds is 7. The number of nitrogen functional groups attached to an aromatic ring is 1. The number of phosphoric acid groups is 2. The van der Waals surface area contributed by atoms with Gasteiger partial charge in [0, 0.05) is 0 Å². The third kappa shape index (κ3) is 5.46. The number of nitrogens with zero attached hydrogens (tertiary/aromatic N) is 3. The molecule has 6 atom stereocenters. The van der Waals surface area contributed by atoms with Gasteiger partial charge in [-0.1, -0.05) is 0 Å². The standard InChI is InChI=1S/C10H16N5O13P3/c11-10-13-7-4(8(18)14-10)12-2-15(7)9-6(17)5(16)3(26-9)1-29(19,20)27-31(24,25)28-30(21,22)23/h2-3,5-6,9,16-17H,1H2,(H,19,20)(H,24,25)(H2,21,22,23)(H3,11,13,14,18)/t3-,5-,6-,9-/m1/s1. The van der Waals surface area contributed by atoms with Gasteiger partial charge in [-0.15, -0.1) is 0 Å². The maximum atomic E-state index is 12.1. The van der Waals surface area contributed by atoms with E-state index in [1.54, 1.807) is 0 Å². The molecule has 1 aliphatic heterocycles. The molecule has 0 aliphatic carbocycles. The number of nitrogens with one attached hydrogen (secondary N) is 1. The van der Waals surface area contributed by atoms with E-state index in [1.165, 1.54) is 0 Å². The van der Waals surface area contributed by atoms with Crippen molar-refractivity contribution in [1.82, 2.24) is 19.5 Å². The second kappa shape index (κ2) is 8.12. The molecule has 1 saturated heterocycles. The van der Waals surface area contributed by atoms with Crippen LogP contribution in [0.3, 0.4) is 0 Å². The highest BCUT2D eigenvalue weighted by Crippen LogP contribution is 2.66. The molecule has 1 aliphatic rings. The van der Waals surface area contributed by atoms with Gasteiger partial charge in [0.15, 0.2) is 17.4 Å². The molecule has 0 aromatic carbocycles. The first kappa shape index (κ1) is 24.1. The Hall–Kier alpha value is -1.52. The molecule has 3 rings (SSSR count). The zero-order valence-electron chi connectivity index (χ0n) is 14.9. The first-order valence-electron chi connectivity index (χ1n) is 7.95. The number of aromatic amines is 1. The van der Waals surface area contributed by atoms with Crippen molar-refractivity contribution in [2.24, 2.45) is 0 Å². The van der Waals surface area contributed by atoms with E-state index in [0.717, 1.165) is 10.9 Å². The molecule has 0 bridgehead atoms. The van der Waals surface area contributed by atoms with Crippen LogP contribution >= 0.6 is 23.2 Å². The Morgan fingerprint density at radius 2 is 1.81 bits per heavy atom. The van der Waals surface area contributed by atoms with Crippen LogP contribution in [0, 0.1) is 0 Å². The molecule has 18 nitrogen and oxygen atoms in total. The van der Waals surface area contributed by atoms with Crippen LogP contribution in [0.15, 0.2) is 11.1 Å². The van der Waals surface area contributed by atoms with E-state index in [9.17, 15) is 38.5 Å². The second-order valence-electron chi connectivity index (χ2n) is 6.26. The molecule has 0 amide bonds. The number of anilines is 1. The Labute approximate surface area is 170 Å². The van der Waals surface area contributed by atoms with Gasteiger partial charge in [0.1, 0.15) is 18.3 Å². The van der Waals surface area contributed by atoms with Crippen LogP contribution in [0.2, 0.25) is 0 Å². The molecule has 174 valence electrons. The van der Waals surface area contributed by atoms with Gasteiger partial charge in [-0.25, -0.2) is 18.4 Å². The van der Waals surface area contributed by atoms with Crippen LogP contribution in [-0.4, -0.2) is 73.8 Å². The van der Waals surface area contributed by atoms with Crippen LogP contribution in [-0.2, 0) is 27.1 Å². The van der Waals surface area contributed by atoms with Gasteiger partial charge in [0.2, 0.25) is 5.95 Å². The van der Waals surface area contributed by atoms with Gasteiger partial charge in [-0.3, -0.25) is 18.9 Å². The van der Waals surface area contributed by atoms with Crippen LogP contribution < -0.4 is 11.3 Å². The van der Waals surface area contributed by atoms with Crippen LogP contribution in [0.5, 0.6) is 0 Å². The molecular formula is C10H16N5O13P3. The molecule has 2 aromatic heterocycles. The van der Waals surface area contributed by atoms with Crippen molar-refractivity contribution in [1.29, 1.82) is 0 Å². The molecule has 2 aromatic rings. The van der Waals surface area contributed by atoms with Crippen molar-refractivity contribution >= 4 is 40.4 Å². The summed E-state index contributed by atoms with van der Waals surface area (Å²) in [5, 5.41) is 20.4. The highest BCUT2D eigenvalue weighted by molar-refractivity contribution is 7.68. The summed E-state index contributed by atoms with van der Waals surface area (Å²) in [6.07, 6.45) is -6.92. The molecule has 1 fully saturated rings. The minimum Gasteiger partial charge on any atom is -0.387 e. The average Bonchev–Trinajstić information content (AvgIpc) is 3.07. The third-order valence-electron chi connectivity index (χ3n) is 3.91. The maximum absolute atomic E-state index is 12.1. The fraction of sp³-hybridized carbons (Fsp3) is 0.500. The number of ether oxygens (including phenoxy) is 1. The summed E-state index contributed by atoms with van der Waals surface area (Å²) in [5.74, 6) is -0.291. The van der Waals surface area contributed by atoms with Gasteiger partial charge in [-0.05, 0) is 0 Å². The monoisotopic (exact) mass is 507 g/mol. The van der Waals surface area contributed by atoms with Gasteiger partial charge in [0.05, 0.1) is 12.5 Å². The number of H-pyrrole nitrogens is 1. The molecule has 31 heavy (non-hydrogen) atoms. The summed E-state index contributed by atoms with van der Waals surface area (Å²) in [6, 6.07) is 0. The smallest absolute Gasteiger partial charge is 0.387 e. The highest BCUT2D eigenvalue weighted by Gasteiger charge is 2.49. The number of aromatic nitrogens is 4. The maximum Gasteiger partial charge on any atom is 0.488 e. The fourth-order valence-electron chi connectivity index (χ4n) is 2.81. The molecular weight excluding hydrogens is 491 g/mol. The van der Waals surface area contributed by atoms with Gasteiger partial charge in [-0.2, -0.15) is 9.29 Å². The summed E-state index contributed by atoms with van der Waals surface area (Å²) < 4.78 is 47.9. The second-order valence-corrected chi connectivity index (χ2v) is 11.1. The summed E-state index contributed by atoms with van der Waals surface area (Å²) in [4.78, 5) is 57.7. The lowest BCUT2D eigenvalue weighted by molar-refractivity contribution is -0.0299. The van der Waals surface area contributed by atoms with E-state index in [2.05, 4.69) is 23.6 Å². The summed E-state index contributed by atoms with van der Waals surface area (Å²) in [7, 11) is -16.4. The SMILES string of the molecule is Nc1nc2c(ncn2[C@@H]2O[C@H](CP(=O)(O)OP(=O)(O)OP(=O)(O)O)[C@@H](O)[C@H]2O)c(=O)[nH]1. The fourth-order valence-corrected chi connectivity index (χ4v) is 6.59. The summed E-state index contributed by atoms with van der Waals surface area (Å²) in [6.45, 7) is 0. The number of fused-ring (bicyclic) bond motifs is 1. The lowest BCUT2D eigenvalue weighted by Gasteiger charge is -2.20. The largest absolute Gasteiger partial charge is 0.488 e. The summed E-state index contributed by atoms with van der Waals surface area (Å²) >= 11 is 0. The minimum atomic E-state index is -5.69. The van der Waals surface area contributed by atoms with Crippen molar-refractivity contribution < 1.29 is 56.8 Å². The van der Waals surface area contributed by atoms with E-state index in [4.69, 9.17) is 20.3 Å². The molecule has 3 heterocycles. The minimum absolute atomic E-state index is 0.142. The van der Waals surface area contributed by atoms with Crippen LogP contribution in [0.25, 0.3) is 11.2 Å². The van der Waals surface area contributed by atoms with Crippen molar-refractivity contribution in [3.63, 3.8) is 0 Å². The zero-order chi connectivity index (χ0) is 23.4. The van der Waals surface area contributed by atoms with Gasteiger partial charge >= 0.3 is 23.2 Å². The predicted octanol–water partition coefficient (Wildman–Crippen LogP) is -2.27. The van der Waals surface area contributed by atoms with Crippen molar-refractivity contribution in [2.75, 3.05) is 11.9 Å². The number of aliphatic hydroxyl groups is 2. The van der Waals surface area contributed by atoms with E-state index in [1.807, 2.05) is 0 Å². The number of hydrogen-bond donors (Lipinski definition) is 8. The Morgan fingerprint density at radius 1 is 1.16 bits per heavy atom. The summed E-state index contributed by atoms with van der Waals surface area (Å²) in [5.41, 5.74) is 4.43. The number of hydrogen-bond acceptors (Lipinski definition) is 12. The first-order valence-corrected chi connectivity index (χ1v) is 12.7. The van der Waals surface area contributed by atoms with Crippen molar-refractivity contribution in [2.45, 2.75) is 24.5 Å².